The van der Waals surface area contributed by atoms with Gasteiger partial charge in [-0.2, -0.15) is 0 Å². The predicted octanol–water partition coefficient (Wildman–Crippen LogP) is 4.28. The van der Waals surface area contributed by atoms with Crippen molar-refractivity contribution in [1.29, 1.82) is 0 Å². The highest BCUT2D eigenvalue weighted by atomic mass is 32.1. The molecule has 1 heterocycles. The third-order valence-electron chi connectivity index (χ3n) is 2.73. The van der Waals surface area contributed by atoms with Crippen LogP contribution in [0.2, 0.25) is 0 Å². The Kier molecular flexibility index (Phi) is 5.39. The maximum absolute atomic E-state index is 11.9. The Bertz CT molecular complexity index is 658. The van der Waals surface area contributed by atoms with Crippen molar-refractivity contribution in [3.8, 4) is 0 Å². The van der Waals surface area contributed by atoms with Gasteiger partial charge in [-0.3, -0.25) is 10.1 Å². The third kappa shape index (κ3) is 6.12. The number of hydrogen-bond acceptors (Lipinski definition) is 4. The minimum Gasteiger partial charge on any atom is -0.444 e. The number of benzene rings is 1. The first-order chi connectivity index (χ1) is 10.8. The van der Waals surface area contributed by atoms with Crippen LogP contribution in [0.5, 0.6) is 0 Å². The van der Waals surface area contributed by atoms with E-state index in [0.717, 1.165) is 4.88 Å². The highest BCUT2D eigenvalue weighted by Gasteiger charge is 2.16. The summed E-state index contributed by atoms with van der Waals surface area (Å²) >= 11 is 1.55. The first kappa shape index (κ1) is 17.0. The zero-order chi connectivity index (χ0) is 16.9. The molecule has 0 fully saturated rings. The summed E-state index contributed by atoms with van der Waals surface area (Å²) in [6.07, 6.45) is -0.151. The monoisotopic (exact) mass is 332 g/mol. The summed E-state index contributed by atoms with van der Waals surface area (Å²) in [5.41, 5.74) is 0.747. The quantitative estimate of drug-likeness (QED) is 0.878. The first-order valence-corrected chi connectivity index (χ1v) is 8.12. The van der Waals surface area contributed by atoms with Gasteiger partial charge in [-0.05, 0) is 56.5 Å². The van der Waals surface area contributed by atoms with E-state index in [4.69, 9.17) is 4.74 Å². The first-order valence-electron chi connectivity index (χ1n) is 7.24. The fraction of sp³-hybridized carbons (Fsp3) is 0.294. The molecule has 0 aliphatic rings. The van der Waals surface area contributed by atoms with E-state index < -0.39 is 11.7 Å². The molecule has 2 aromatic rings. The van der Waals surface area contributed by atoms with Crippen LogP contribution in [0.1, 0.15) is 25.6 Å². The van der Waals surface area contributed by atoms with Crippen LogP contribution in [-0.2, 0) is 16.0 Å². The van der Waals surface area contributed by atoms with E-state index in [2.05, 4.69) is 10.6 Å². The van der Waals surface area contributed by atoms with Crippen LogP contribution in [0.15, 0.2) is 41.8 Å². The van der Waals surface area contributed by atoms with Crippen LogP contribution in [0.4, 0.5) is 16.2 Å². The summed E-state index contributed by atoms with van der Waals surface area (Å²) in [5.74, 6) is -0.0692. The van der Waals surface area contributed by atoms with Crippen molar-refractivity contribution in [2.45, 2.75) is 32.8 Å². The zero-order valence-corrected chi connectivity index (χ0v) is 14.2. The molecule has 0 unspecified atom stereocenters. The molecule has 0 radical (unpaired) electrons. The average molecular weight is 332 g/mol. The van der Waals surface area contributed by atoms with E-state index in [1.807, 2.05) is 17.5 Å². The maximum atomic E-state index is 11.9. The summed E-state index contributed by atoms with van der Waals surface area (Å²) in [7, 11) is 0. The number of anilines is 2. The number of thiophene rings is 1. The number of ether oxygens (including phenoxy) is 1. The van der Waals surface area contributed by atoms with Gasteiger partial charge in [0, 0.05) is 16.3 Å². The fourth-order valence-electron chi connectivity index (χ4n) is 1.83. The number of nitrogens with one attached hydrogen (secondary N) is 2. The summed E-state index contributed by atoms with van der Waals surface area (Å²) in [6, 6.07) is 10.7. The molecule has 2 rings (SSSR count). The molecule has 0 spiro atoms. The Labute approximate surface area is 139 Å². The lowest BCUT2D eigenvalue weighted by atomic mass is 10.2. The second kappa shape index (κ2) is 7.28. The normalized spacial score (nSPS) is 10.9. The van der Waals surface area contributed by atoms with Crippen molar-refractivity contribution in [2.24, 2.45) is 0 Å². The maximum Gasteiger partial charge on any atom is 0.412 e. The second-order valence-electron chi connectivity index (χ2n) is 6.01. The van der Waals surface area contributed by atoms with Crippen molar-refractivity contribution in [2.75, 3.05) is 10.6 Å². The third-order valence-corrected chi connectivity index (χ3v) is 3.61. The van der Waals surface area contributed by atoms with Gasteiger partial charge in [0.25, 0.3) is 0 Å². The molecule has 0 aliphatic heterocycles. The Hall–Kier alpha value is -2.34. The Morgan fingerprint density at radius 1 is 1.04 bits per heavy atom. The summed E-state index contributed by atoms with van der Waals surface area (Å²) < 4.78 is 5.18. The van der Waals surface area contributed by atoms with Crippen molar-refractivity contribution < 1.29 is 14.3 Å². The smallest absolute Gasteiger partial charge is 0.412 e. The van der Waals surface area contributed by atoms with Crippen molar-refractivity contribution >= 4 is 34.7 Å². The van der Waals surface area contributed by atoms with Gasteiger partial charge in [0.05, 0.1) is 6.42 Å². The molecule has 0 atom stereocenters. The molecule has 0 aliphatic carbocycles. The van der Waals surface area contributed by atoms with Crippen LogP contribution in [0, 0.1) is 0 Å². The van der Waals surface area contributed by atoms with Crippen molar-refractivity contribution in [3.63, 3.8) is 0 Å². The largest absolute Gasteiger partial charge is 0.444 e. The number of carbonyl (C=O) groups is 2. The van der Waals surface area contributed by atoms with Crippen LogP contribution in [-0.4, -0.2) is 17.6 Å². The molecule has 6 heteroatoms. The highest BCUT2D eigenvalue weighted by molar-refractivity contribution is 7.10. The lowest BCUT2D eigenvalue weighted by Gasteiger charge is -2.19. The molecule has 0 bridgehead atoms. The van der Waals surface area contributed by atoms with E-state index in [1.54, 1.807) is 56.4 Å². The predicted molar refractivity (Wildman–Crippen MR) is 93.0 cm³/mol. The van der Waals surface area contributed by atoms with Crippen LogP contribution >= 0.6 is 11.3 Å². The molecule has 0 saturated heterocycles. The molecular weight excluding hydrogens is 312 g/mol. The fourth-order valence-corrected chi connectivity index (χ4v) is 2.54. The Morgan fingerprint density at radius 2 is 1.65 bits per heavy atom. The molecule has 2 N–H and O–H groups in total. The molecule has 2 amide bonds. The summed E-state index contributed by atoms with van der Waals surface area (Å²) in [5, 5.41) is 7.41. The number of amides is 2. The minimum atomic E-state index is -0.542. The molecule has 5 nitrogen and oxygen atoms in total. The molecule has 122 valence electrons. The van der Waals surface area contributed by atoms with Crippen molar-refractivity contribution in [1.82, 2.24) is 0 Å². The number of hydrogen-bond donors (Lipinski definition) is 2. The van der Waals surface area contributed by atoms with E-state index in [1.165, 1.54) is 0 Å². The van der Waals surface area contributed by atoms with Crippen LogP contribution < -0.4 is 10.6 Å². The van der Waals surface area contributed by atoms with Crippen LogP contribution in [0.3, 0.4) is 0 Å². The average Bonchev–Trinajstić information content (AvgIpc) is 2.91. The van der Waals surface area contributed by atoms with E-state index in [0.29, 0.717) is 17.8 Å². The van der Waals surface area contributed by atoms with Gasteiger partial charge < -0.3 is 10.1 Å². The molecule has 1 aromatic carbocycles. The SMILES string of the molecule is CC(C)(C)OC(=O)Nc1ccc(NC(=O)Cc2cccs2)cc1. The van der Waals surface area contributed by atoms with Crippen LogP contribution in [0.25, 0.3) is 0 Å². The zero-order valence-electron chi connectivity index (χ0n) is 13.4. The van der Waals surface area contributed by atoms with E-state index >= 15 is 0 Å². The van der Waals surface area contributed by atoms with E-state index in [9.17, 15) is 9.59 Å². The van der Waals surface area contributed by atoms with Crippen molar-refractivity contribution in [3.05, 3.63) is 46.7 Å². The van der Waals surface area contributed by atoms with Gasteiger partial charge in [-0.15, -0.1) is 11.3 Å². The van der Waals surface area contributed by atoms with Gasteiger partial charge in [-0.1, -0.05) is 6.07 Å². The summed E-state index contributed by atoms with van der Waals surface area (Å²) in [4.78, 5) is 24.6. The lowest BCUT2D eigenvalue weighted by molar-refractivity contribution is -0.115. The number of carbonyl (C=O) groups excluding carboxylic acids is 2. The highest BCUT2D eigenvalue weighted by Crippen LogP contribution is 2.16. The second-order valence-corrected chi connectivity index (χ2v) is 7.04. The van der Waals surface area contributed by atoms with Gasteiger partial charge in [0.1, 0.15) is 5.60 Å². The molecule has 0 saturated carbocycles. The Balaban J connectivity index is 1.86. The molecule has 1 aromatic heterocycles. The standard InChI is InChI=1S/C17H20N2O3S/c1-17(2,3)22-16(21)19-13-8-6-12(7-9-13)18-15(20)11-14-5-4-10-23-14/h4-10H,11H2,1-3H3,(H,18,20)(H,19,21). The van der Waals surface area contributed by atoms with E-state index in [-0.39, 0.29) is 5.91 Å². The lowest BCUT2D eigenvalue weighted by Crippen LogP contribution is -2.27. The van der Waals surface area contributed by atoms with Gasteiger partial charge >= 0.3 is 6.09 Å². The Morgan fingerprint density at radius 3 is 2.17 bits per heavy atom. The topological polar surface area (TPSA) is 67.4 Å². The van der Waals surface area contributed by atoms with Gasteiger partial charge in [0.2, 0.25) is 5.91 Å². The van der Waals surface area contributed by atoms with Gasteiger partial charge in [0.15, 0.2) is 0 Å². The molecular formula is C17H20N2O3S. The van der Waals surface area contributed by atoms with Gasteiger partial charge in [-0.25, -0.2) is 4.79 Å². The summed E-state index contributed by atoms with van der Waals surface area (Å²) in [6.45, 7) is 5.41. The molecule has 23 heavy (non-hydrogen) atoms. The minimum absolute atomic E-state index is 0.0692. The number of rotatable bonds is 4.